The Bertz CT molecular complexity index is 426. The van der Waals surface area contributed by atoms with E-state index < -0.39 is 0 Å². The van der Waals surface area contributed by atoms with Crippen molar-refractivity contribution in [2.45, 2.75) is 0 Å². The van der Waals surface area contributed by atoms with E-state index in [4.69, 9.17) is 5.11 Å². The van der Waals surface area contributed by atoms with Crippen molar-refractivity contribution < 1.29 is 48.0 Å². The molecule has 0 aliphatic carbocycles. The van der Waals surface area contributed by atoms with Crippen molar-refractivity contribution in [3.8, 4) is 11.5 Å². The molecule has 0 fully saturated rings. The van der Waals surface area contributed by atoms with Crippen LogP contribution in [0.4, 0.5) is 0 Å². The molecule has 3 heteroatoms. The third-order valence-electron chi connectivity index (χ3n) is 1.88. The van der Waals surface area contributed by atoms with Crippen molar-refractivity contribution in [1.82, 2.24) is 0 Å². The van der Waals surface area contributed by atoms with E-state index in [1.807, 2.05) is 18.2 Å². The molecule has 0 saturated heterocycles. The van der Waals surface area contributed by atoms with Gasteiger partial charge in [0.2, 0.25) is 0 Å². The minimum Gasteiger partial charge on any atom is -0.504 e. The van der Waals surface area contributed by atoms with Crippen molar-refractivity contribution in [1.29, 1.82) is 0 Å². The van der Waals surface area contributed by atoms with Crippen LogP contribution in [0, 0.1) is 37.7 Å². The third kappa shape index (κ3) is 1.90. The summed E-state index contributed by atoms with van der Waals surface area (Å²) in [5.41, 5.74) is 0. The molecule has 68 valence electrons. The molecule has 2 N–H and O–H groups in total. The molecule has 0 bridgehead atoms. The monoisotopic (exact) mass is 200 g/mol. The summed E-state index contributed by atoms with van der Waals surface area (Å²) in [6.45, 7) is 0. The van der Waals surface area contributed by atoms with E-state index in [2.05, 4.69) is 0 Å². The molecule has 0 atom stereocenters. The Morgan fingerprint density at radius 3 is 2.31 bits per heavy atom. The molecule has 0 amide bonds. The zero-order chi connectivity index (χ0) is 8.55. The van der Waals surface area contributed by atoms with Crippen LogP contribution < -0.4 is 0 Å². The summed E-state index contributed by atoms with van der Waals surface area (Å²) in [7, 11) is 0. The minimum atomic E-state index is -0.0753. The van der Waals surface area contributed by atoms with Gasteiger partial charge in [-0.15, -0.1) is 0 Å². The van der Waals surface area contributed by atoms with Crippen LogP contribution in [0.2, 0.25) is 0 Å². The van der Waals surface area contributed by atoms with E-state index in [1.165, 1.54) is 6.07 Å². The summed E-state index contributed by atoms with van der Waals surface area (Å²) in [6, 6.07) is 10.6. The fourth-order valence-electron chi connectivity index (χ4n) is 1.24. The SMILES string of the molecule is Oc1ccc2ccccc2c1O.[Ar]. The topological polar surface area (TPSA) is 40.5 Å². The number of phenolic OH excluding ortho intramolecular Hbond substituents is 2. The van der Waals surface area contributed by atoms with Crippen LogP contribution in [-0.2, 0) is 0 Å². The number of hydrogen-bond acceptors (Lipinski definition) is 2. The molecule has 0 aliphatic rings. The average Bonchev–Trinajstić information content (AvgIpc) is 2.12. The van der Waals surface area contributed by atoms with Gasteiger partial charge in [0, 0.05) is 43.1 Å². The van der Waals surface area contributed by atoms with Gasteiger partial charge in [-0.1, -0.05) is 30.3 Å². The van der Waals surface area contributed by atoms with Crippen molar-refractivity contribution in [3.63, 3.8) is 0 Å². The molecule has 13 heavy (non-hydrogen) atoms. The molecule has 0 aliphatic heterocycles. The molecular formula is C10H8ArO2. The van der Waals surface area contributed by atoms with Crippen LogP contribution in [0.25, 0.3) is 10.8 Å². The number of fused-ring (bicyclic) bond motifs is 1. The number of rotatable bonds is 0. The van der Waals surface area contributed by atoms with Crippen molar-refractivity contribution in [2.75, 3.05) is 0 Å². The molecule has 0 unspecified atom stereocenters. The Morgan fingerprint density at radius 2 is 1.54 bits per heavy atom. The Kier molecular flexibility index (Phi) is 3.42. The molecule has 2 rings (SSSR count). The Labute approximate surface area is 106 Å². The van der Waals surface area contributed by atoms with E-state index in [0.29, 0.717) is 5.39 Å². The first kappa shape index (κ1) is 10.6. The fourth-order valence-corrected chi connectivity index (χ4v) is 1.24. The van der Waals surface area contributed by atoms with Crippen LogP contribution in [0.1, 0.15) is 0 Å². The van der Waals surface area contributed by atoms with E-state index in [-0.39, 0.29) is 49.2 Å². The van der Waals surface area contributed by atoms with E-state index in [9.17, 15) is 5.11 Å². The molecule has 0 spiro atoms. The molecule has 0 aromatic heterocycles. The third-order valence-corrected chi connectivity index (χ3v) is 1.88. The number of hydrogen-bond donors (Lipinski definition) is 2. The summed E-state index contributed by atoms with van der Waals surface area (Å²) in [5.74, 6) is -0.123. The largest absolute Gasteiger partial charge is 0.504 e. The molecule has 0 radical (unpaired) electrons. The Hall–Kier alpha value is -0.440. The van der Waals surface area contributed by atoms with Crippen LogP contribution in [0.3, 0.4) is 0 Å². The van der Waals surface area contributed by atoms with Gasteiger partial charge in [-0.25, -0.2) is 0 Å². The first-order valence-corrected chi connectivity index (χ1v) is 3.69. The van der Waals surface area contributed by atoms with Gasteiger partial charge < -0.3 is 10.2 Å². The average molecular weight is 200 g/mol. The van der Waals surface area contributed by atoms with Gasteiger partial charge in [-0.2, -0.15) is 0 Å². The van der Waals surface area contributed by atoms with Gasteiger partial charge >= 0.3 is 0 Å². The predicted molar refractivity (Wildman–Crippen MR) is 47.3 cm³/mol. The second-order valence-electron chi connectivity index (χ2n) is 2.65. The van der Waals surface area contributed by atoms with E-state index in [1.54, 1.807) is 12.1 Å². The number of aromatic hydroxyl groups is 2. The predicted octanol–water partition coefficient (Wildman–Crippen LogP) is 2.25. The maximum absolute atomic E-state index is 9.41. The Balaban J connectivity index is 0.000000845. The second-order valence-corrected chi connectivity index (χ2v) is 2.65. The fraction of sp³-hybridized carbons (Fsp3) is 0. The van der Waals surface area contributed by atoms with Crippen LogP contribution in [-0.4, -0.2) is 10.2 Å². The molecule has 2 nitrogen and oxygen atoms in total. The van der Waals surface area contributed by atoms with Crippen molar-refractivity contribution >= 4 is 10.8 Å². The van der Waals surface area contributed by atoms with Gasteiger partial charge in [0.05, 0.1) is 0 Å². The van der Waals surface area contributed by atoms with Crippen LogP contribution in [0.15, 0.2) is 36.4 Å². The molecule has 0 heterocycles. The summed E-state index contributed by atoms with van der Waals surface area (Å²) in [6.07, 6.45) is 0. The minimum absolute atomic E-state index is 0. The zero-order valence-electron chi connectivity index (χ0n) is 6.71. The molecular weight excluding hydrogens is 192 g/mol. The van der Waals surface area contributed by atoms with Crippen molar-refractivity contribution in [2.24, 2.45) is 0 Å². The molecule has 2 aromatic carbocycles. The number of phenols is 2. The van der Waals surface area contributed by atoms with Gasteiger partial charge in [0.25, 0.3) is 0 Å². The summed E-state index contributed by atoms with van der Waals surface area (Å²) in [4.78, 5) is 0. The zero-order valence-corrected chi connectivity index (χ0v) is 7.42. The normalized spacial score (nSPS) is 9.54. The molecule has 0 saturated carbocycles. The first-order chi connectivity index (χ1) is 5.79. The van der Waals surface area contributed by atoms with Gasteiger partial charge in [-0.3, -0.25) is 0 Å². The first-order valence-electron chi connectivity index (χ1n) is 3.69. The maximum Gasteiger partial charge on any atom is 0.165 e. The van der Waals surface area contributed by atoms with E-state index in [0.717, 1.165) is 5.39 Å². The summed E-state index contributed by atoms with van der Waals surface area (Å²) < 4.78 is 0. The van der Waals surface area contributed by atoms with Gasteiger partial charge in [0.15, 0.2) is 11.5 Å². The van der Waals surface area contributed by atoms with Crippen LogP contribution in [0.5, 0.6) is 11.5 Å². The Morgan fingerprint density at radius 1 is 0.846 bits per heavy atom. The second kappa shape index (κ2) is 4.18. The van der Waals surface area contributed by atoms with E-state index >= 15 is 0 Å². The smallest absolute Gasteiger partial charge is 0.165 e. The van der Waals surface area contributed by atoms with Gasteiger partial charge in [0.1, 0.15) is 0 Å². The number of benzene rings is 2. The maximum atomic E-state index is 9.41. The van der Waals surface area contributed by atoms with Gasteiger partial charge in [-0.05, 0) is 11.5 Å². The quantitative estimate of drug-likeness (QED) is 0.640. The molecule has 2 aromatic rings. The summed E-state index contributed by atoms with van der Waals surface area (Å²) in [5, 5.41) is 20.2. The standard InChI is InChI=1S/C10H8O2.Ar/c11-9-6-5-7-3-1-2-4-8(7)10(9)12;/h1-6,11-12H;. The van der Waals surface area contributed by atoms with Crippen LogP contribution >= 0.6 is 0 Å². The summed E-state index contributed by atoms with van der Waals surface area (Å²) >= 11 is 0. The van der Waals surface area contributed by atoms with Crippen molar-refractivity contribution in [3.05, 3.63) is 36.4 Å².